The topological polar surface area (TPSA) is 79.6 Å². The number of hydrogen-bond donors (Lipinski definition) is 1. The molecule has 0 saturated heterocycles. The standard InChI is InChI=1S/C20H19NO4/c21-15-18(20(23)25-14-13-24-12-11-22)19(16-7-3-1-4-8-16)17-9-5-2-6-10-17/h1-10,22H,11-14H2. The minimum absolute atomic E-state index is 0.0148. The van der Waals surface area contributed by atoms with Gasteiger partial charge in [0, 0.05) is 5.57 Å². The summed E-state index contributed by atoms with van der Waals surface area (Å²) in [5.74, 6) is -0.696. The minimum atomic E-state index is -0.696. The molecule has 0 aliphatic heterocycles. The average molecular weight is 337 g/mol. The van der Waals surface area contributed by atoms with E-state index in [-0.39, 0.29) is 32.0 Å². The molecule has 0 aliphatic rings. The lowest BCUT2D eigenvalue weighted by molar-refractivity contribution is -0.140. The number of nitrogens with zero attached hydrogens (tertiary/aromatic N) is 1. The summed E-state index contributed by atoms with van der Waals surface area (Å²) in [7, 11) is 0. The van der Waals surface area contributed by atoms with E-state index in [0.29, 0.717) is 5.57 Å². The first-order chi connectivity index (χ1) is 12.3. The van der Waals surface area contributed by atoms with Gasteiger partial charge in [0.15, 0.2) is 0 Å². The van der Waals surface area contributed by atoms with Crippen molar-refractivity contribution >= 4 is 11.5 Å². The maximum absolute atomic E-state index is 12.4. The van der Waals surface area contributed by atoms with Crippen molar-refractivity contribution in [1.82, 2.24) is 0 Å². The molecule has 0 heterocycles. The van der Waals surface area contributed by atoms with Crippen molar-refractivity contribution in [3.63, 3.8) is 0 Å². The number of aliphatic hydroxyl groups excluding tert-OH is 1. The predicted octanol–water partition coefficient (Wildman–Crippen LogP) is 2.56. The molecule has 128 valence electrons. The van der Waals surface area contributed by atoms with Crippen molar-refractivity contribution in [3.8, 4) is 6.07 Å². The molecule has 0 aliphatic carbocycles. The van der Waals surface area contributed by atoms with Crippen molar-refractivity contribution in [2.75, 3.05) is 26.4 Å². The highest BCUT2D eigenvalue weighted by Gasteiger charge is 2.19. The summed E-state index contributed by atoms with van der Waals surface area (Å²) < 4.78 is 10.2. The number of rotatable bonds is 8. The Morgan fingerprint density at radius 2 is 1.48 bits per heavy atom. The molecule has 5 heteroatoms. The van der Waals surface area contributed by atoms with Crippen LogP contribution in [0.4, 0.5) is 0 Å². The lowest BCUT2D eigenvalue weighted by Gasteiger charge is -2.12. The zero-order chi connectivity index (χ0) is 17.9. The SMILES string of the molecule is N#CC(C(=O)OCCOCCO)=C(c1ccccc1)c1ccccc1. The van der Waals surface area contributed by atoms with Gasteiger partial charge in [-0.1, -0.05) is 60.7 Å². The van der Waals surface area contributed by atoms with E-state index >= 15 is 0 Å². The summed E-state index contributed by atoms with van der Waals surface area (Å²) in [5, 5.41) is 18.2. The van der Waals surface area contributed by atoms with Crippen LogP contribution >= 0.6 is 0 Å². The Morgan fingerprint density at radius 3 is 1.96 bits per heavy atom. The van der Waals surface area contributed by atoms with Gasteiger partial charge in [-0.15, -0.1) is 0 Å². The fraction of sp³-hybridized carbons (Fsp3) is 0.200. The predicted molar refractivity (Wildman–Crippen MR) is 93.4 cm³/mol. The van der Waals surface area contributed by atoms with Crippen LogP contribution in [-0.2, 0) is 14.3 Å². The van der Waals surface area contributed by atoms with Crippen molar-refractivity contribution in [1.29, 1.82) is 5.26 Å². The van der Waals surface area contributed by atoms with Gasteiger partial charge in [-0.25, -0.2) is 4.79 Å². The number of hydrogen-bond acceptors (Lipinski definition) is 5. The average Bonchev–Trinajstić information content (AvgIpc) is 2.67. The summed E-state index contributed by atoms with van der Waals surface area (Å²) in [6.45, 7) is 0.263. The Hall–Kier alpha value is -2.94. The van der Waals surface area contributed by atoms with Crippen molar-refractivity contribution in [2.45, 2.75) is 0 Å². The molecule has 0 atom stereocenters. The van der Waals surface area contributed by atoms with Crippen LogP contribution < -0.4 is 0 Å². The van der Waals surface area contributed by atoms with Crippen molar-refractivity contribution in [2.24, 2.45) is 0 Å². The smallest absolute Gasteiger partial charge is 0.349 e. The highest BCUT2D eigenvalue weighted by atomic mass is 16.6. The fourth-order valence-electron chi connectivity index (χ4n) is 2.30. The monoisotopic (exact) mass is 337 g/mol. The molecule has 2 aromatic rings. The van der Waals surface area contributed by atoms with Crippen LogP contribution in [0.2, 0.25) is 0 Å². The Balaban J connectivity index is 2.31. The molecule has 2 rings (SSSR count). The number of esters is 1. The molecule has 1 N–H and O–H groups in total. The summed E-state index contributed by atoms with van der Waals surface area (Å²) in [6, 6.07) is 20.5. The fourth-order valence-corrected chi connectivity index (χ4v) is 2.30. The van der Waals surface area contributed by atoms with Crippen LogP contribution in [0.1, 0.15) is 11.1 Å². The third-order valence-electron chi connectivity index (χ3n) is 3.39. The lowest BCUT2D eigenvalue weighted by Crippen LogP contribution is -2.14. The quantitative estimate of drug-likeness (QED) is 0.347. The maximum Gasteiger partial charge on any atom is 0.349 e. The largest absolute Gasteiger partial charge is 0.459 e. The molecular formula is C20H19NO4. The second-order valence-electron chi connectivity index (χ2n) is 5.07. The highest BCUT2D eigenvalue weighted by molar-refractivity contribution is 6.05. The number of aliphatic hydroxyl groups is 1. The molecule has 2 aromatic carbocycles. The Bertz CT molecular complexity index is 707. The molecule has 0 saturated carbocycles. The van der Waals surface area contributed by atoms with Crippen LogP contribution in [0.3, 0.4) is 0 Å². The molecule has 0 bridgehead atoms. The van der Waals surface area contributed by atoms with E-state index in [4.69, 9.17) is 14.6 Å². The first-order valence-electron chi connectivity index (χ1n) is 7.89. The molecule has 0 spiro atoms. The molecule has 0 amide bonds. The van der Waals surface area contributed by atoms with Gasteiger partial charge in [-0.05, 0) is 11.1 Å². The molecule has 0 aromatic heterocycles. The molecule has 0 fully saturated rings. The second-order valence-corrected chi connectivity index (χ2v) is 5.07. The molecular weight excluding hydrogens is 318 g/mol. The minimum Gasteiger partial charge on any atom is -0.459 e. The third-order valence-corrected chi connectivity index (χ3v) is 3.39. The summed E-state index contributed by atoms with van der Waals surface area (Å²) >= 11 is 0. The molecule has 5 nitrogen and oxygen atoms in total. The zero-order valence-corrected chi connectivity index (χ0v) is 13.7. The summed E-state index contributed by atoms with van der Waals surface area (Å²) in [6.07, 6.45) is 0. The van der Waals surface area contributed by atoms with Crippen LogP contribution in [0.15, 0.2) is 66.2 Å². The number of carbonyl (C=O) groups excluding carboxylic acids is 1. The number of ether oxygens (including phenoxy) is 2. The Labute approximate surface area is 146 Å². The van der Waals surface area contributed by atoms with Gasteiger partial charge in [-0.3, -0.25) is 0 Å². The van der Waals surface area contributed by atoms with E-state index in [0.717, 1.165) is 11.1 Å². The number of nitriles is 1. The van der Waals surface area contributed by atoms with Crippen LogP contribution in [-0.4, -0.2) is 37.5 Å². The second kappa shape index (κ2) is 10.0. The van der Waals surface area contributed by atoms with Gasteiger partial charge in [0.2, 0.25) is 0 Å². The molecule has 0 radical (unpaired) electrons. The third kappa shape index (κ3) is 5.28. The van der Waals surface area contributed by atoms with Gasteiger partial charge < -0.3 is 14.6 Å². The van der Waals surface area contributed by atoms with Gasteiger partial charge in [0.1, 0.15) is 18.2 Å². The first kappa shape index (κ1) is 18.4. The first-order valence-corrected chi connectivity index (χ1v) is 7.89. The van der Waals surface area contributed by atoms with E-state index in [1.165, 1.54) is 0 Å². The van der Waals surface area contributed by atoms with Crippen molar-refractivity contribution < 1.29 is 19.4 Å². The maximum atomic E-state index is 12.4. The van der Waals surface area contributed by atoms with E-state index in [1.54, 1.807) is 0 Å². The van der Waals surface area contributed by atoms with Gasteiger partial charge in [-0.2, -0.15) is 5.26 Å². The molecule has 25 heavy (non-hydrogen) atoms. The van der Waals surface area contributed by atoms with E-state index in [2.05, 4.69) is 0 Å². The van der Waals surface area contributed by atoms with Gasteiger partial charge in [0.05, 0.1) is 19.8 Å². The highest BCUT2D eigenvalue weighted by Crippen LogP contribution is 2.27. The van der Waals surface area contributed by atoms with E-state index in [9.17, 15) is 10.1 Å². The normalized spacial score (nSPS) is 9.92. The van der Waals surface area contributed by atoms with Crippen LogP contribution in [0, 0.1) is 11.3 Å². The Morgan fingerprint density at radius 1 is 0.920 bits per heavy atom. The van der Waals surface area contributed by atoms with E-state index in [1.807, 2.05) is 66.7 Å². The van der Waals surface area contributed by atoms with E-state index < -0.39 is 5.97 Å². The van der Waals surface area contributed by atoms with Crippen LogP contribution in [0.5, 0.6) is 0 Å². The number of carbonyl (C=O) groups is 1. The zero-order valence-electron chi connectivity index (χ0n) is 13.7. The summed E-state index contributed by atoms with van der Waals surface area (Å²) in [5.41, 5.74) is 2.00. The van der Waals surface area contributed by atoms with Gasteiger partial charge >= 0.3 is 5.97 Å². The van der Waals surface area contributed by atoms with Crippen molar-refractivity contribution in [3.05, 3.63) is 77.4 Å². The number of benzene rings is 2. The van der Waals surface area contributed by atoms with Gasteiger partial charge in [0.25, 0.3) is 0 Å². The van der Waals surface area contributed by atoms with Crippen LogP contribution in [0.25, 0.3) is 5.57 Å². The summed E-state index contributed by atoms with van der Waals surface area (Å²) in [4.78, 5) is 12.4. The Kier molecular flexibility index (Phi) is 7.39. The lowest BCUT2D eigenvalue weighted by atomic mass is 9.93. The molecule has 0 unspecified atom stereocenters.